The van der Waals surface area contributed by atoms with Crippen molar-refractivity contribution in [1.29, 1.82) is 0 Å². The second-order valence-corrected chi connectivity index (χ2v) is 14.8. The molecule has 0 unspecified atom stereocenters. The molecular weight excluding hydrogens is 770 g/mol. The van der Waals surface area contributed by atoms with Gasteiger partial charge in [0.1, 0.15) is 4.60 Å². The summed E-state index contributed by atoms with van der Waals surface area (Å²) in [6.07, 6.45) is 9.65. The van der Waals surface area contributed by atoms with Crippen molar-refractivity contribution in [2.45, 2.75) is 91.6 Å². The highest BCUT2D eigenvalue weighted by Gasteiger charge is 2.30. The molecule has 0 radical (unpaired) electrons. The zero-order valence-electron chi connectivity index (χ0n) is 28.4. The maximum atomic E-state index is 13.2. The Morgan fingerprint density at radius 2 is 1.10 bits per heavy atom. The van der Waals surface area contributed by atoms with Gasteiger partial charge in [-0.05, 0) is 96.3 Å². The van der Waals surface area contributed by atoms with E-state index in [0.29, 0.717) is 49.4 Å². The maximum absolute atomic E-state index is 13.2. The smallest absolute Gasteiger partial charge is 0.294 e. The molecule has 0 N–H and O–H groups in total. The van der Waals surface area contributed by atoms with Crippen molar-refractivity contribution >= 4 is 85.3 Å². The zero-order chi connectivity index (χ0) is 35.6. The van der Waals surface area contributed by atoms with Crippen molar-refractivity contribution in [2.24, 2.45) is 0 Å². The van der Waals surface area contributed by atoms with Crippen LogP contribution in [0.1, 0.15) is 89.2 Å². The van der Waals surface area contributed by atoms with Crippen LogP contribution in [-0.2, 0) is 19.3 Å². The summed E-state index contributed by atoms with van der Waals surface area (Å²) in [5.74, 6) is 0.869. The van der Waals surface area contributed by atoms with E-state index in [4.69, 9.17) is 46.4 Å². The first-order chi connectivity index (χ1) is 23.4. The molecule has 6 rings (SSSR count). The molecule has 0 saturated carbocycles. The molecule has 2 aliphatic heterocycles. The monoisotopic (exact) mass is 808 g/mol. The van der Waals surface area contributed by atoms with Gasteiger partial charge in [0.15, 0.2) is 5.82 Å². The van der Waals surface area contributed by atoms with Crippen molar-refractivity contribution < 1.29 is 0 Å². The molecule has 4 aromatic rings. The van der Waals surface area contributed by atoms with E-state index in [0.717, 1.165) is 73.1 Å². The summed E-state index contributed by atoms with van der Waals surface area (Å²) < 4.78 is 4.26. The van der Waals surface area contributed by atoms with Gasteiger partial charge < -0.3 is 18.9 Å². The quantitative estimate of drug-likeness (QED) is 0.168. The number of fused-ring (bicyclic) bond motifs is 2. The molecule has 0 spiro atoms. The predicted molar refractivity (Wildman–Crippen MR) is 208 cm³/mol. The van der Waals surface area contributed by atoms with Crippen LogP contribution < -0.4 is 20.9 Å². The molecule has 2 aromatic carbocycles. The Bertz CT molecular complexity index is 1960. The highest BCUT2D eigenvalue weighted by Crippen LogP contribution is 2.42. The Morgan fingerprint density at radius 3 is 1.53 bits per heavy atom. The van der Waals surface area contributed by atoms with E-state index in [1.54, 1.807) is 22.9 Å². The molecule has 0 saturated heterocycles. The second-order valence-electron chi connectivity index (χ2n) is 12.3. The highest BCUT2D eigenvalue weighted by atomic mass is 79.9. The van der Waals surface area contributed by atoms with Crippen molar-refractivity contribution in [1.82, 2.24) is 19.1 Å². The Morgan fingerprint density at radius 1 is 0.673 bits per heavy atom. The first-order valence-electron chi connectivity index (χ1n) is 16.9. The summed E-state index contributed by atoms with van der Waals surface area (Å²) >= 11 is 28.5. The second kappa shape index (κ2) is 16.2. The average Bonchev–Trinajstić information content (AvgIpc) is 3.69. The van der Waals surface area contributed by atoms with Crippen LogP contribution in [0.4, 0.5) is 23.0 Å². The van der Waals surface area contributed by atoms with E-state index >= 15 is 0 Å². The highest BCUT2D eigenvalue weighted by molar-refractivity contribution is 9.10. The number of anilines is 4. The third kappa shape index (κ3) is 7.71. The molecule has 2 aliphatic rings. The van der Waals surface area contributed by atoms with Gasteiger partial charge in [-0.15, -0.1) is 0 Å². The minimum atomic E-state index is -0.0919. The standard InChI is InChI=1S/C19H23Cl2N3O.C17H18BrCl2N3O/c1-4-14-11-24(15(5-2)6-3)19(25)18(22-14)23-8-7-12-9-13(20)10-16(21)17(12)23;1-3-12(4-2)23-9-14(18)21-16(17(23)24)22-6-5-10-7-11(19)8-13(20)15(10)22/h9-11,15H,4-8H2,1-3H3;7-9,12H,3-6H2,1-2H3. The van der Waals surface area contributed by atoms with E-state index in [9.17, 15) is 9.59 Å². The summed E-state index contributed by atoms with van der Waals surface area (Å²) in [6, 6.07) is 7.59. The van der Waals surface area contributed by atoms with E-state index < -0.39 is 0 Å². The summed E-state index contributed by atoms with van der Waals surface area (Å²) in [5.41, 5.74) is 4.58. The number of hydrogen-bond donors (Lipinski definition) is 0. The van der Waals surface area contributed by atoms with Crippen LogP contribution in [-0.4, -0.2) is 32.2 Å². The van der Waals surface area contributed by atoms with E-state index in [-0.39, 0.29) is 23.2 Å². The van der Waals surface area contributed by atoms with Crippen molar-refractivity contribution in [3.05, 3.63) is 98.9 Å². The van der Waals surface area contributed by atoms with Gasteiger partial charge in [-0.1, -0.05) is 81.0 Å². The minimum Gasteiger partial charge on any atom is -0.320 e. The van der Waals surface area contributed by atoms with Gasteiger partial charge in [-0.2, -0.15) is 0 Å². The van der Waals surface area contributed by atoms with Gasteiger partial charge in [0, 0.05) is 47.6 Å². The Balaban J connectivity index is 0.000000191. The fourth-order valence-corrected chi connectivity index (χ4v) is 8.44. The van der Waals surface area contributed by atoms with Crippen LogP contribution >= 0.6 is 62.3 Å². The van der Waals surface area contributed by atoms with Crippen molar-refractivity contribution in [3.8, 4) is 0 Å². The van der Waals surface area contributed by atoms with Gasteiger partial charge in [0.25, 0.3) is 11.1 Å². The molecule has 49 heavy (non-hydrogen) atoms. The van der Waals surface area contributed by atoms with Gasteiger partial charge in [-0.3, -0.25) is 9.59 Å². The van der Waals surface area contributed by atoms with Gasteiger partial charge in [0.05, 0.1) is 27.1 Å². The predicted octanol–water partition coefficient (Wildman–Crippen LogP) is 10.5. The number of hydrogen-bond acceptors (Lipinski definition) is 6. The van der Waals surface area contributed by atoms with Crippen LogP contribution in [0.3, 0.4) is 0 Å². The summed E-state index contributed by atoms with van der Waals surface area (Å²) in [6.45, 7) is 11.8. The first kappa shape index (κ1) is 37.7. The molecule has 13 heteroatoms. The molecular formula is C36H41BrCl4N6O2. The molecule has 0 atom stereocenters. The van der Waals surface area contributed by atoms with Crippen LogP contribution in [0.2, 0.25) is 20.1 Å². The van der Waals surface area contributed by atoms with Crippen LogP contribution in [0.15, 0.2) is 50.9 Å². The molecule has 0 amide bonds. The number of nitrogens with zero attached hydrogens (tertiary/aromatic N) is 6. The fraction of sp³-hybridized carbons (Fsp3) is 0.444. The molecule has 2 aromatic heterocycles. The summed E-state index contributed by atoms with van der Waals surface area (Å²) in [5, 5.41) is 2.34. The third-order valence-corrected chi connectivity index (χ3v) is 10.8. The molecule has 0 fully saturated rings. The Kier molecular flexibility index (Phi) is 12.5. The third-order valence-electron chi connectivity index (χ3n) is 9.36. The number of aryl methyl sites for hydroxylation is 1. The van der Waals surface area contributed by atoms with Gasteiger partial charge in [0.2, 0.25) is 5.82 Å². The summed E-state index contributed by atoms with van der Waals surface area (Å²) in [4.78, 5) is 39.1. The van der Waals surface area contributed by atoms with E-state index in [1.807, 2.05) is 32.7 Å². The van der Waals surface area contributed by atoms with Crippen LogP contribution in [0.5, 0.6) is 0 Å². The molecule has 0 bridgehead atoms. The normalized spacial score (nSPS) is 13.6. The molecule has 262 valence electrons. The fourth-order valence-electron chi connectivity index (χ4n) is 6.78. The van der Waals surface area contributed by atoms with Gasteiger partial charge >= 0.3 is 0 Å². The number of aromatic nitrogens is 4. The van der Waals surface area contributed by atoms with Crippen LogP contribution in [0, 0.1) is 0 Å². The lowest BCUT2D eigenvalue weighted by molar-refractivity contribution is 0.454. The lowest BCUT2D eigenvalue weighted by atomic mass is 10.1. The number of rotatable bonds is 9. The van der Waals surface area contributed by atoms with Crippen molar-refractivity contribution in [3.63, 3.8) is 0 Å². The van der Waals surface area contributed by atoms with Gasteiger partial charge in [-0.25, -0.2) is 9.97 Å². The maximum Gasteiger partial charge on any atom is 0.294 e. The lowest BCUT2D eigenvalue weighted by Crippen LogP contribution is -2.32. The number of halogens is 5. The van der Waals surface area contributed by atoms with Crippen molar-refractivity contribution in [2.75, 3.05) is 22.9 Å². The Labute approximate surface area is 316 Å². The number of benzene rings is 2. The van der Waals surface area contributed by atoms with Crippen LogP contribution in [0.25, 0.3) is 0 Å². The lowest BCUT2D eigenvalue weighted by Gasteiger charge is -2.23. The first-order valence-corrected chi connectivity index (χ1v) is 19.2. The zero-order valence-corrected chi connectivity index (χ0v) is 33.0. The average molecular weight is 811 g/mol. The molecule has 8 nitrogen and oxygen atoms in total. The SMILES string of the molecule is CCC(CC)n1cc(Br)nc(N2CCc3cc(Cl)cc(Cl)c32)c1=O.CCc1cn(C(CC)CC)c(=O)c(N2CCc3cc(Cl)cc(Cl)c32)n1. The summed E-state index contributed by atoms with van der Waals surface area (Å²) in [7, 11) is 0. The molecule has 4 heterocycles. The molecule has 0 aliphatic carbocycles. The minimum absolute atomic E-state index is 0.0511. The Hall–Kier alpha value is -2.56. The van der Waals surface area contributed by atoms with E-state index in [2.05, 4.69) is 60.5 Å². The largest absolute Gasteiger partial charge is 0.320 e. The van der Waals surface area contributed by atoms with E-state index in [1.165, 1.54) is 0 Å². The topological polar surface area (TPSA) is 76.3 Å².